The molecule has 0 saturated carbocycles. The third-order valence-electron chi connectivity index (χ3n) is 4.28. The number of piperazine rings is 1. The number of rotatable bonds is 2. The van der Waals surface area contributed by atoms with Crippen molar-refractivity contribution in [1.82, 2.24) is 13.6 Å². The molecule has 3 aromatic rings. The lowest BCUT2D eigenvalue weighted by Crippen LogP contribution is -2.48. The van der Waals surface area contributed by atoms with E-state index in [0.717, 1.165) is 41.0 Å². The molecule has 1 aliphatic rings. The lowest BCUT2D eigenvalue weighted by molar-refractivity contribution is 0.0748. The van der Waals surface area contributed by atoms with Crippen LogP contribution in [0.1, 0.15) is 10.4 Å². The van der Waals surface area contributed by atoms with Crippen LogP contribution in [-0.2, 0) is 0 Å². The highest BCUT2D eigenvalue weighted by Crippen LogP contribution is 2.26. The number of nitrogens with zero attached hydrogens (tertiary/aromatic N) is 4. The van der Waals surface area contributed by atoms with Crippen molar-refractivity contribution in [2.24, 2.45) is 0 Å². The van der Waals surface area contributed by atoms with Gasteiger partial charge in [0.25, 0.3) is 5.91 Å². The Kier molecular flexibility index (Phi) is 4.08. The summed E-state index contributed by atoms with van der Waals surface area (Å²) in [6.45, 7) is 2.86. The monoisotopic (exact) mass is 358 g/mol. The number of para-hydroxylation sites is 1. The van der Waals surface area contributed by atoms with Gasteiger partial charge in [-0.05, 0) is 24.3 Å². The van der Waals surface area contributed by atoms with E-state index in [-0.39, 0.29) is 5.91 Å². The zero-order valence-corrected chi connectivity index (χ0v) is 14.4. The molecular weight excluding hydrogens is 344 g/mol. The van der Waals surface area contributed by atoms with Crippen LogP contribution in [0.3, 0.4) is 0 Å². The van der Waals surface area contributed by atoms with Crippen LogP contribution in [0.25, 0.3) is 11.0 Å². The van der Waals surface area contributed by atoms with Gasteiger partial charge < -0.3 is 9.80 Å². The molecule has 122 valence electrons. The van der Waals surface area contributed by atoms with Crippen molar-refractivity contribution in [3.8, 4) is 0 Å². The van der Waals surface area contributed by atoms with E-state index >= 15 is 0 Å². The second-order valence-electron chi connectivity index (χ2n) is 5.67. The molecule has 1 saturated heterocycles. The maximum absolute atomic E-state index is 12.8. The van der Waals surface area contributed by atoms with E-state index in [9.17, 15) is 4.79 Å². The standard InChI is InChI=1S/C17H15ClN4OS/c18-13-5-1-2-7-15(13)21-8-10-22(11-9-21)17(23)12-4-3-6-14-16(12)20-24-19-14/h1-7H,8-11H2. The molecule has 2 aromatic carbocycles. The number of anilines is 1. The molecule has 0 N–H and O–H groups in total. The molecule has 0 bridgehead atoms. The first-order valence-corrected chi connectivity index (χ1v) is 8.85. The van der Waals surface area contributed by atoms with E-state index in [1.54, 1.807) is 0 Å². The van der Waals surface area contributed by atoms with Gasteiger partial charge in [0.05, 0.1) is 28.0 Å². The van der Waals surface area contributed by atoms with Crippen LogP contribution in [0.5, 0.6) is 0 Å². The molecule has 7 heteroatoms. The summed E-state index contributed by atoms with van der Waals surface area (Å²) in [5.74, 6) is 0.0205. The Hall–Kier alpha value is -2.18. The fourth-order valence-corrected chi connectivity index (χ4v) is 3.81. The zero-order chi connectivity index (χ0) is 16.5. The number of benzene rings is 2. The largest absolute Gasteiger partial charge is 0.367 e. The summed E-state index contributed by atoms with van der Waals surface area (Å²) in [5.41, 5.74) is 3.13. The third-order valence-corrected chi connectivity index (χ3v) is 5.14. The Balaban J connectivity index is 1.51. The van der Waals surface area contributed by atoms with Gasteiger partial charge in [-0.15, -0.1) is 0 Å². The second-order valence-corrected chi connectivity index (χ2v) is 6.60. The number of amides is 1. The molecular formula is C17H15ClN4OS. The summed E-state index contributed by atoms with van der Waals surface area (Å²) >= 11 is 7.41. The van der Waals surface area contributed by atoms with E-state index in [4.69, 9.17) is 11.6 Å². The minimum Gasteiger partial charge on any atom is -0.367 e. The van der Waals surface area contributed by atoms with Crippen LogP contribution < -0.4 is 4.90 Å². The predicted octanol–water partition coefficient (Wildman–Crippen LogP) is 3.31. The Morgan fingerprint density at radius 1 is 1.00 bits per heavy atom. The topological polar surface area (TPSA) is 49.3 Å². The van der Waals surface area contributed by atoms with Gasteiger partial charge in [0, 0.05) is 26.2 Å². The lowest BCUT2D eigenvalue weighted by Gasteiger charge is -2.36. The Morgan fingerprint density at radius 2 is 1.79 bits per heavy atom. The quantitative estimate of drug-likeness (QED) is 0.705. The maximum atomic E-state index is 12.8. The molecule has 1 amide bonds. The first kappa shape index (κ1) is 15.4. The number of carbonyl (C=O) groups is 1. The van der Waals surface area contributed by atoms with Crippen molar-refractivity contribution >= 4 is 46.0 Å². The van der Waals surface area contributed by atoms with Gasteiger partial charge in [-0.3, -0.25) is 4.79 Å². The highest BCUT2D eigenvalue weighted by molar-refractivity contribution is 7.00. The molecule has 0 unspecified atom stereocenters. The molecule has 1 fully saturated rings. The van der Waals surface area contributed by atoms with Crippen LogP contribution in [-0.4, -0.2) is 45.7 Å². The molecule has 0 aliphatic carbocycles. The molecule has 5 nitrogen and oxygen atoms in total. The van der Waals surface area contributed by atoms with Gasteiger partial charge in [-0.1, -0.05) is 29.8 Å². The number of carbonyl (C=O) groups excluding carboxylic acids is 1. The van der Waals surface area contributed by atoms with Crippen LogP contribution in [0.4, 0.5) is 5.69 Å². The third kappa shape index (κ3) is 2.72. The summed E-state index contributed by atoms with van der Waals surface area (Å²) in [5, 5.41) is 0.746. The average Bonchev–Trinajstić information content (AvgIpc) is 3.10. The summed E-state index contributed by atoms with van der Waals surface area (Å²) in [6, 6.07) is 13.4. The molecule has 2 heterocycles. The molecule has 0 spiro atoms. The van der Waals surface area contributed by atoms with E-state index in [0.29, 0.717) is 24.2 Å². The predicted molar refractivity (Wildman–Crippen MR) is 97.0 cm³/mol. The van der Waals surface area contributed by atoms with Crippen molar-refractivity contribution in [1.29, 1.82) is 0 Å². The van der Waals surface area contributed by atoms with Gasteiger partial charge in [0.15, 0.2) is 0 Å². The van der Waals surface area contributed by atoms with Crippen LogP contribution in [0.2, 0.25) is 5.02 Å². The summed E-state index contributed by atoms with van der Waals surface area (Å²) < 4.78 is 8.47. The van der Waals surface area contributed by atoms with Gasteiger partial charge in [0.1, 0.15) is 11.0 Å². The Labute approximate surface area is 148 Å². The normalized spacial score (nSPS) is 15.0. The fourth-order valence-electron chi connectivity index (χ4n) is 3.01. The average molecular weight is 359 g/mol. The van der Waals surface area contributed by atoms with Crippen molar-refractivity contribution in [3.63, 3.8) is 0 Å². The Bertz CT molecular complexity index is 889. The van der Waals surface area contributed by atoms with Crippen LogP contribution in [0.15, 0.2) is 42.5 Å². The SMILES string of the molecule is O=C(c1cccc2nsnc12)N1CCN(c2ccccc2Cl)CC1. The molecule has 4 rings (SSSR count). The van der Waals surface area contributed by atoms with Crippen molar-refractivity contribution in [2.75, 3.05) is 31.1 Å². The summed E-state index contributed by atoms with van der Waals surface area (Å²) in [6.07, 6.45) is 0. The van der Waals surface area contributed by atoms with E-state index in [1.807, 2.05) is 47.4 Å². The smallest absolute Gasteiger partial charge is 0.256 e. The maximum Gasteiger partial charge on any atom is 0.256 e. The van der Waals surface area contributed by atoms with Crippen molar-refractivity contribution in [2.45, 2.75) is 0 Å². The first-order chi connectivity index (χ1) is 11.7. The summed E-state index contributed by atoms with van der Waals surface area (Å²) in [7, 11) is 0. The van der Waals surface area contributed by atoms with Crippen molar-refractivity contribution < 1.29 is 4.79 Å². The van der Waals surface area contributed by atoms with Crippen molar-refractivity contribution in [3.05, 3.63) is 53.1 Å². The van der Waals surface area contributed by atoms with Crippen LogP contribution in [0, 0.1) is 0 Å². The highest BCUT2D eigenvalue weighted by Gasteiger charge is 2.25. The van der Waals surface area contributed by atoms with E-state index < -0.39 is 0 Å². The molecule has 1 aliphatic heterocycles. The zero-order valence-electron chi connectivity index (χ0n) is 12.9. The molecule has 0 radical (unpaired) electrons. The minimum absolute atomic E-state index is 0.0205. The van der Waals surface area contributed by atoms with Gasteiger partial charge in [0.2, 0.25) is 0 Å². The summed E-state index contributed by atoms with van der Waals surface area (Å²) in [4.78, 5) is 16.9. The van der Waals surface area contributed by atoms with Crippen LogP contribution >= 0.6 is 23.3 Å². The molecule has 0 atom stereocenters. The second kappa shape index (κ2) is 6.37. The minimum atomic E-state index is 0.0205. The van der Waals surface area contributed by atoms with E-state index in [2.05, 4.69) is 13.6 Å². The number of hydrogen-bond acceptors (Lipinski definition) is 5. The fraction of sp³-hybridized carbons (Fsp3) is 0.235. The van der Waals surface area contributed by atoms with Gasteiger partial charge in [-0.25, -0.2) is 0 Å². The lowest BCUT2D eigenvalue weighted by atomic mass is 10.1. The first-order valence-electron chi connectivity index (χ1n) is 7.74. The molecule has 1 aromatic heterocycles. The van der Waals surface area contributed by atoms with E-state index in [1.165, 1.54) is 0 Å². The number of fused-ring (bicyclic) bond motifs is 1. The highest BCUT2D eigenvalue weighted by atomic mass is 35.5. The number of aromatic nitrogens is 2. The number of hydrogen-bond donors (Lipinski definition) is 0. The van der Waals surface area contributed by atoms with Gasteiger partial charge >= 0.3 is 0 Å². The Morgan fingerprint density at radius 3 is 2.58 bits per heavy atom. The molecule has 24 heavy (non-hydrogen) atoms. The number of halogens is 1. The van der Waals surface area contributed by atoms with Gasteiger partial charge in [-0.2, -0.15) is 8.75 Å².